The number of aliphatic carboxylic acids is 1. The van der Waals surface area contributed by atoms with Crippen LogP contribution in [-0.2, 0) is 4.79 Å². The molecule has 0 atom stereocenters. The Kier molecular flexibility index (Phi) is 6.30. The average molecular weight is 290 g/mol. The van der Waals surface area contributed by atoms with E-state index < -0.39 is 5.97 Å². The number of hydrogen-bond donors (Lipinski definition) is 1. The van der Waals surface area contributed by atoms with Crippen LogP contribution in [0.25, 0.3) is 0 Å². The molecule has 1 N–H and O–H groups in total. The van der Waals surface area contributed by atoms with Gasteiger partial charge in [0.2, 0.25) is 0 Å². The van der Waals surface area contributed by atoms with Crippen LogP contribution in [0.15, 0.2) is 18.2 Å². The van der Waals surface area contributed by atoms with E-state index in [1.54, 1.807) is 12.1 Å². The average Bonchev–Trinajstić information content (AvgIpc) is 2.28. The van der Waals surface area contributed by atoms with Crippen molar-refractivity contribution >= 4 is 34.9 Å². The van der Waals surface area contributed by atoms with Crippen LogP contribution in [0.4, 0.5) is 5.69 Å². The molecule has 0 fully saturated rings. The highest BCUT2D eigenvalue weighted by Gasteiger charge is 2.10. The second-order valence-corrected chi connectivity index (χ2v) is 4.92. The number of nitrogens with zero attached hydrogens (tertiary/aromatic N) is 1. The van der Waals surface area contributed by atoms with Crippen LogP contribution in [0.5, 0.6) is 0 Å². The van der Waals surface area contributed by atoms with Crippen LogP contribution >= 0.6 is 23.2 Å². The monoisotopic (exact) mass is 289 g/mol. The summed E-state index contributed by atoms with van der Waals surface area (Å²) in [6, 6.07) is 5.38. The minimum atomic E-state index is -0.770. The summed E-state index contributed by atoms with van der Waals surface area (Å²) < 4.78 is 0. The lowest BCUT2D eigenvalue weighted by Crippen LogP contribution is -2.26. The van der Waals surface area contributed by atoms with E-state index >= 15 is 0 Å². The molecule has 0 saturated heterocycles. The van der Waals surface area contributed by atoms with Crippen molar-refractivity contribution in [1.29, 1.82) is 0 Å². The summed E-state index contributed by atoms with van der Waals surface area (Å²) in [6.07, 6.45) is 1.76. The molecule has 0 aliphatic heterocycles. The van der Waals surface area contributed by atoms with Gasteiger partial charge in [-0.15, -0.1) is 0 Å². The molecule has 100 valence electrons. The lowest BCUT2D eigenvalue weighted by molar-refractivity contribution is -0.137. The van der Waals surface area contributed by atoms with E-state index in [1.165, 1.54) is 0 Å². The van der Waals surface area contributed by atoms with Crippen molar-refractivity contribution in [1.82, 2.24) is 0 Å². The Morgan fingerprint density at radius 1 is 1.33 bits per heavy atom. The van der Waals surface area contributed by atoms with Gasteiger partial charge in [-0.3, -0.25) is 4.79 Å². The second kappa shape index (κ2) is 7.49. The number of anilines is 1. The van der Waals surface area contributed by atoms with Crippen LogP contribution in [-0.4, -0.2) is 24.2 Å². The maximum absolute atomic E-state index is 10.5. The summed E-state index contributed by atoms with van der Waals surface area (Å²) in [4.78, 5) is 12.6. The Hall–Kier alpha value is -0.930. The highest BCUT2D eigenvalue weighted by atomic mass is 35.5. The van der Waals surface area contributed by atoms with Gasteiger partial charge in [0.25, 0.3) is 0 Å². The van der Waals surface area contributed by atoms with Crippen LogP contribution in [0.1, 0.15) is 26.2 Å². The van der Waals surface area contributed by atoms with Gasteiger partial charge in [-0.25, -0.2) is 0 Å². The van der Waals surface area contributed by atoms with Crippen molar-refractivity contribution in [2.75, 3.05) is 18.0 Å². The topological polar surface area (TPSA) is 40.5 Å². The maximum atomic E-state index is 10.5. The van der Waals surface area contributed by atoms with Gasteiger partial charge in [-0.1, -0.05) is 30.1 Å². The Labute approximate surface area is 117 Å². The van der Waals surface area contributed by atoms with Crippen molar-refractivity contribution < 1.29 is 9.90 Å². The van der Waals surface area contributed by atoms with Crippen molar-refractivity contribution in [2.45, 2.75) is 26.2 Å². The fourth-order valence-electron chi connectivity index (χ4n) is 1.78. The Balaban J connectivity index is 2.73. The number of hydrogen-bond acceptors (Lipinski definition) is 2. The molecular formula is C13H17Cl2NO2. The van der Waals surface area contributed by atoms with Gasteiger partial charge in [-0.05, 0) is 31.0 Å². The molecule has 0 heterocycles. The van der Waals surface area contributed by atoms with Gasteiger partial charge >= 0.3 is 5.97 Å². The number of rotatable bonds is 7. The minimum Gasteiger partial charge on any atom is -0.481 e. The maximum Gasteiger partial charge on any atom is 0.303 e. The molecule has 0 aromatic heterocycles. The van der Waals surface area contributed by atoms with E-state index in [9.17, 15) is 4.79 Å². The lowest BCUT2D eigenvalue weighted by Gasteiger charge is -2.25. The molecule has 0 aliphatic rings. The first-order chi connectivity index (χ1) is 8.54. The number of benzene rings is 1. The molecule has 1 rings (SSSR count). The molecule has 1 aromatic rings. The van der Waals surface area contributed by atoms with Crippen molar-refractivity contribution in [3.8, 4) is 0 Å². The van der Waals surface area contributed by atoms with Gasteiger partial charge in [0.15, 0.2) is 0 Å². The second-order valence-electron chi connectivity index (χ2n) is 4.08. The number of carboxylic acids is 1. The van der Waals surface area contributed by atoms with Crippen LogP contribution in [0.2, 0.25) is 10.0 Å². The fraction of sp³-hybridized carbons (Fsp3) is 0.462. The molecule has 0 radical (unpaired) electrons. The highest BCUT2D eigenvalue weighted by Crippen LogP contribution is 2.29. The van der Waals surface area contributed by atoms with E-state index in [0.717, 1.165) is 18.7 Å². The van der Waals surface area contributed by atoms with Gasteiger partial charge in [0.1, 0.15) is 0 Å². The van der Waals surface area contributed by atoms with E-state index in [-0.39, 0.29) is 6.42 Å². The van der Waals surface area contributed by atoms with E-state index in [2.05, 4.69) is 11.8 Å². The molecule has 5 heteroatoms. The SMILES string of the molecule is CCCN(CCCC(=O)O)c1ccc(Cl)cc1Cl. The molecule has 18 heavy (non-hydrogen) atoms. The fourth-order valence-corrected chi connectivity index (χ4v) is 2.31. The predicted molar refractivity (Wildman–Crippen MR) is 75.8 cm³/mol. The number of halogens is 2. The quantitative estimate of drug-likeness (QED) is 0.822. The zero-order chi connectivity index (χ0) is 13.5. The van der Waals surface area contributed by atoms with Gasteiger partial charge in [0.05, 0.1) is 10.7 Å². The largest absolute Gasteiger partial charge is 0.481 e. The zero-order valence-electron chi connectivity index (χ0n) is 10.3. The lowest BCUT2D eigenvalue weighted by atomic mass is 10.2. The highest BCUT2D eigenvalue weighted by molar-refractivity contribution is 6.36. The smallest absolute Gasteiger partial charge is 0.303 e. The van der Waals surface area contributed by atoms with E-state index in [0.29, 0.717) is 23.0 Å². The summed E-state index contributed by atoms with van der Waals surface area (Å²) in [5.74, 6) is -0.770. The molecule has 1 aromatic carbocycles. The summed E-state index contributed by atoms with van der Waals surface area (Å²) >= 11 is 12.0. The molecule has 0 bridgehead atoms. The molecule has 0 spiro atoms. The van der Waals surface area contributed by atoms with E-state index in [4.69, 9.17) is 28.3 Å². The van der Waals surface area contributed by atoms with Gasteiger partial charge in [-0.2, -0.15) is 0 Å². The minimum absolute atomic E-state index is 0.172. The first-order valence-corrected chi connectivity index (χ1v) is 6.72. The van der Waals surface area contributed by atoms with Crippen LogP contribution in [0, 0.1) is 0 Å². The molecule has 3 nitrogen and oxygen atoms in total. The molecule has 0 saturated carbocycles. The summed E-state index contributed by atoms with van der Waals surface area (Å²) in [5.41, 5.74) is 0.910. The zero-order valence-corrected chi connectivity index (χ0v) is 11.8. The van der Waals surface area contributed by atoms with Crippen molar-refractivity contribution in [3.63, 3.8) is 0 Å². The van der Waals surface area contributed by atoms with Crippen LogP contribution < -0.4 is 4.90 Å². The molecule has 0 amide bonds. The summed E-state index contributed by atoms with van der Waals surface area (Å²) in [5, 5.41) is 9.86. The third kappa shape index (κ3) is 4.75. The van der Waals surface area contributed by atoms with Gasteiger partial charge in [0, 0.05) is 24.5 Å². The molecule has 0 unspecified atom stereocenters. The number of carbonyl (C=O) groups is 1. The van der Waals surface area contributed by atoms with Gasteiger partial charge < -0.3 is 10.0 Å². The molecule has 0 aliphatic carbocycles. The van der Waals surface area contributed by atoms with Crippen molar-refractivity contribution in [3.05, 3.63) is 28.2 Å². The third-order valence-electron chi connectivity index (χ3n) is 2.56. The predicted octanol–water partition coefficient (Wildman–Crippen LogP) is 4.07. The number of carboxylic acid groups (broad SMARTS) is 1. The summed E-state index contributed by atoms with van der Waals surface area (Å²) in [6.45, 7) is 3.61. The van der Waals surface area contributed by atoms with Crippen LogP contribution in [0.3, 0.4) is 0 Å². The Morgan fingerprint density at radius 2 is 2.06 bits per heavy atom. The normalized spacial score (nSPS) is 10.4. The Morgan fingerprint density at radius 3 is 2.61 bits per heavy atom. The molecular weight excluding hydrogens is 273 g/mol. The standard InChI is InChI=1S/C13H17Cl2NO2/c1-2-7-16(8-3-4-13(17)18)12-6-5-10(14)9-11(12)15/h5-6,9H,2-4,7-8H2,1H3,(H,17,18). The van der Waals surface area contributed by atoms with E-state index in [1.807, 2.05) is 6.07 Å². The van der Waals surface area contributed by atoms with Crippen molar-refractivity contribution in [2.24, 2.45) is 0 Å². The summed E-state index contributed by atoms with van der Waals surface area (Å²) in [7, 11) is 0. The first-order valence-electron chi connectivity index (χ1n) is 5.96. The Bertz CT molecular complexity index is 410. The first kappa shape index (κ1) is 15.1. The third-order valence-corrected chi connectivity index (χ3v) is 3.10.